The molecule has 0 saturated carbocycles. The second-order valence-corrected chi connectivity index (χ2v) is 10.4. The first-order chi connectivity index (χ1) is 15.8. The predicted octanol–water partition coefficient (Wildman–Crippen LogP) is 5.62. The zero-order valence-electron chi connectivity index (χ0n) is 19.5. The van der Waals surface area contributed by atoms with Crippen LogP contribution in [0.5, 0.6) is 0 Å². The van der Waals surface area contributed by atoms with E-state index < -0.39 is 10.1 Å². The molecule has 4 rings (SSSR count). The van der Waals surface area contributed by atoms with Gasteiger partial charge in [-0.1, -0.05) is 48.0 Å². The minimum Gasteiger partial charge on any atom is -0.356 e. The molecule has 0 spiro atoms. The number of nitrogens with zero attached hydrogens (tertiary/aromatic N) is 3. The van der Waals surface area contributed by atoms with E-state index in [1.165, 1.54) is 36.4 Å². The van der Waals surface area contributed by atoms with Gasteiger partial charge in [0.25, 0.3) is 10.1 Å². The molecule has 1 aliphatic rings. The van der Waals surface area contributed by atoms with Crippen LogP contribution in [0.2, 0.25) is 0 Å². The normalized spacial score (nSPS) is 14.5. The SMILES string of the molecule is CCN(CC)c1nc(N2CCC(c3ccccc3)CC2)cs1.Cc1ccc(S(=O)(=O)O)cc1. The Morgan fingerprint density at radius 1 is 1.03 bits per heavy atom. The molecule has 178 valence electrons. The van der Waals surface area contributed by atoms with Gasteiger partial charge in [-0.05, 0) is 57.2 Å². The Labute approximate surface area is 201 Å². The van der Waals surface area contributed by atoms with Crippen molar-refractivity contribution >= 4 is 32.4 Å². The molecule has 0 atom stereocenters. The number of benzene rings is 2. The number of piperidine rings is 1. The maximum absolute atomic E-state index is 10.5. The summed E-state index contributed by atoms with van der Waals surface area (Å²) in [5.74, 6) is 1.87. The van der Waals surface area contributed by atoms with Gasteiger partial charge in [-0.2, -0.15) is 8.42 Å². The predicted molar refractivity (Wildman–Crippen MR) is 137 cm³/mol. The molecule has 3 aromatic rings. The Morgan fingerprint density at radius 2 is 1.64 bits per heavy atom. The Kier molecular flexibility index (Phi) is 8.88. The quantitative estimate of drug-likeness (QED) is 0.455. The molecule has 1 N–H and O–H groups in total. The summed E-state index contributed by atoms with van der Waals surface area (Å²) < 4.78 is 29.6. The van der Waals surface area contributed by atoms with Gasteiger partial charge >= 0.3 is 0 Å². The first-order valence-electron chi connectivity index (χ1n) is 11.4. The first kappa shape index (κ1) is 25.2. The van der Waals surface area contributed by atoms with Gasteiger partial charge in [0, 0.05) is 31.6 Å². The zero-order chi connectivity index (χ0) is 23.8. The van der Waals surface area contributed by atoms with Gasteiger partial charge < -0.3 is 9.80 Å². The van der Waals surface area contributed by atoms with Crippen LogP contribution in [0.25, 0.3) is 0 Å². The third-order valence-corrected chi connectivity index (χ3v) is 7.68. The van der Waals surface area contributed by atoms with Crippen molar-refractivity contribution in [3.05, 3.63) is 71.1 Å². The molecule has 1 aromatic heterocycles. The maximum Gasteiger partial charge on any atom is 0.294 e. The van der Waals surface area contributed by atoms with E-state index in [1.807, 2.05) is 6.92 Å². The Bertz CT molecular complexity index is 1090. The molecule has 0 radical (unpaired) electrons. The monoisotopic (exact) mass is 487 g/mol. The van der Waals surface area contributed by atoms with E-state index in [0.29, 0.717) is 5.92 Å². The highest BCUT2D eigenvalue weighted by atomic mass is 32.2. The van der Waals surface area contributed by atoms with E-state index in [0.717, 1.165) is 36.9 Å². The third kappa shape index (κ3) is 7.03. The fraction of sp³-hybridized carbons (Fsp3) is 0.400. The summed E-state index contributed by atoms with van der Waals surface area (Å²) in [4.78, 5) is 9.55. The Hall–Kier alpha value is -2.42. The molecule has 0 bridgehead atoms. The number of hydrogen-bond donors (Lipinski definition) is 1. The molecular weight excluding hydrogens is 454 g/mol. The largest absolute Gasteiger partial charge is 0.356 e. The van der Waals surface area contributed by atoms with E-state index >= 15 is 0 Å². The molecule has 1 aliphatic heterocycles. The smallest absolute Gasteiger partial charge is 0.294 e. The lowest BCUT2D eigenvalue weighted by Crippen LogP contribution is -2.33. The summed E-state index contributed by atoms with van der Waals surface area (Å²) in [6, 6.07) is 16.9. The van der Waals surface area contributed by atoms with E-state index in [2.05, 4.69) is 59.4 Å². The van der Waals surface area contributed by atoms with Gasteiger partial charge in [0.15, 0.2) is 5.13 Å². The van der Waals surface area contributed by atoms with Gasteiger partial charge in [-0.15, -0.1) is 11.3 Å². The molecule has 1 saturated heterocycles. The molecule has 6 nitrogen and oxygen atoms in total. The molecule has 0 aliphatic carbocycles. The van der Waals surface area contributed by atoms with Crippen molar-refractivity contribution in [2.45, 2.75) is 44.4 Å². The van der Waals surface area contributed by atoms with Crippen LogP contribution >= 0.6 is 11.3 Å². The van der Waals surface area contributed by atoms with E-state index in [-0.39, 0.29) is 4.90 Å². The topological polar surface area (TPSA) is 73.7 Å². The standard InChI is InChI=1S/C18H25N3S.C7H8O3S/c1-3-20(4-2)18-19-17(14-22-18)21-12-10-16(11-13-21)15-8-6-5-7-9-15;1-6-2-4-7(5-3-6)11(8,9)10/h5-9,14,16H,3-4,10-13H2,1-2H3;2-5H,1H3,(H,8,9,10). The Morgan fingerprint density at radius 3 is 2.18 bits per heavy atom. The molecule has 0 unspecified atom stereocenters. The lowest BCUT2D eigenvalue weighted by Gasteiger charge is -2.32. The third-order valence-electron chi connectivity index (χ3n) is 5.92. The van der Waals surface area contributed by atoms with Crippen LogP contribution in [0, 0.1) is 6.92 Å². The van der Waals surface area contributed by atoms with E-state index in [9.17, 15) is 8.42 Å². The molecule has 2 aromatic carbocycles. The molecule has 33 heavy (non-hydrogen) atoms. The lowest BCUT2D eigenvalue weighted by molar-refractivity contribution is 0.483. The van der Waals surface area contributed by atoms with Crippen LogP contribution in [0.15, 0.2) is 64.9 Å². The van der Waals surface area contributed by atoms with Gasteiger partial charge in [0.1, 0.15) is 5.82 Å². The average Bonchev–Trinajstić information content (AvgIpc) is 3.31. The number of aryl methyl sites for hydroxylation is 1. The fourth-order valence-corrected chi connectivity index (χ4v) is 5.36. The summed E-state index contributed by atoms with van der Waals surface area (Å²) in [5, 5.41) is 3.38. The maximum atomic E-state index is 10.5. The van der Waals surface area contributed by atoms with Crippen LogP contribution in [0.1, 0.15) is 43.7 Å². The van der Waals surface area contributed by atoms with Gasteiger partial charge in [-0.3, -0.25) is 4.55 Å². The van der Waals surface area contributed by atoms with Gasteiger partial charge in [0.05, 0.1) is 4.90 Å². The van der Waals surface area contributed by atoms with E-state index in [1.54, 1.807) is 23.5 Å². The first-order valence-corrected chi connectivity index (χ1v) is 13.7. The summed E-state index contributed by atoms with van der Waals surface area (Å²) in [6.45, 7) is 10.5. The molecule has 1 fully saturated rings. The average molecular weight is 488 g/mol. The number of thiazole rings is 1. The van der Waals surface area contributed by atoms with Crippen molar-refractivity contribution in [2.24, 2.45) is 0 Å². The van der Waals surface area contributed by atoms with Crippen molar-refractivity contribution in [2.75, 3.05) is 36.0 Å². The molecule has 2 heterocycles. The highest BCUT2D eigenvalue weighted by molar-refractivity contribution is 7.85. The fourth-order valence-electron chi connectivity index (χ4n) is 3.92. The minimum absolute atomic E-state index is 0.0666. The number of hydrogen-bond acceptors (Lipinski definition) is 6. The van der Waals surface area contributed by atoms with Crippen LogP contribution in [-0.2, 0) is 10.1 Å². The summed E-state index contributed by atoms with van der Waals surface area (Å²) in [6.07, 6.45) is 2.45. The number of aromatic nitrogens is 1. The lowest BCUT2D eigenvalue weighted by atomic mass is 9.89. The number of anilines is 2. The summed E-state index contributed by atoms with van der Waals surface area (Å²) in [7, 11) is -4.02. The summed E-state index contributed by atoms with van der Waals surface area (Å²) >= 11 is 1.77. The van der Waals surface area contributed by atoms with Gasteiger partial charge in [0.2, 0.25) is 0 Å². The second kappa shape index (κ2) is 11.6. The van der Waals surface area contributed by atoms with E-state index in [4.69, 9.17) is 9.54 Å². The van der Waals surface area contributed by atoms with Crippen molar-refractivity contribution < 1.29 is 13.0 Å². The summed E-state index contributed by atoms with van der Waals surface area (Å²) in [5.41, 5.74) is 2.45. The number of rotatable bonds is 6. The highest BCUT2D eigenvalue weighted by Gasteiger charge is 2.22. The van der Waals surface area contributed by atoms with Crippen LogP contribution in [-0.4, -0.2) is 44.1 Å². The van der Waals surface area contributed by atoms with Crippen molar-refractivity contribution in [1.29, 1.82) is 0 Å². The van der Waals surface area contributed by atoms with Crippen molar-refractivity contribution in [3.63, 3.8) is 0 Å². The second-order valence-electron chi connectivity index (χ2n) is 8.12. The van der Waals surface area contributed by atoms with Crippen LogP contribution < -0.4 is 9.80 Å². The van der Waals surface area contributed by atoms with Crippen molar-refractivity contribution in [1.82, 2.24) is 4.98 Å². The zero-order valence-corrected chi connectivity index (χ0v) is 21.1. The molecule has 0 amide bonds. The van der Waals surface area contributed by atoms with Crippen LogP contribution in [0.3, 0.4) is 0 Å². The minimum atomic E-state index is -4.02. The molecule has 8 heteroatoms. The molecular formula is C25H33N3O3S2. The Balaban J connectivity index is 0.000000235. The highest BCUT2D eigenvalue weighted by Crippen LogP contribution is 2.32. The van der Waals surface area contributed by atoms with Crippen molar-refractivity contribution in [3.8, 4) is 0 Å². The van der Waals surface area contributed by atoms with Gasteiger partial charge in [-0.25, -0.2) is 4.98 Å². The van der Waals surface area contributed by atoms with Crippen LogP contribution in [0.4, 0.5) is 10.9 Å².